The highest BCUT2D eigenvalue weighted by Crippen LogP contribution is 2.73. The van der Waals surface area contributed by atoms with Crippen molar-refractivity contribution < 1.29 is 48.7 Å². The van der Waals surface area contributed by atoms with Gasteiger partial charge in [0.05, 0.1) is 19.8 Å². The quantitative estimate of drug-likeness (QED) is 0.267. The minimum atomic E-state index is -2.18. The van der Waals surface area contributed by atoms with Crippen LogP contribution >= 0.6 is 0 Å². The van der Waals surface area contributed by atoms with Gasteiger partial charge in [0.2, 0.25) is 0 Å². The van der Waals surface area contributed by atoms with Gasteiger partial charge in [-0.15, -0.1) is 0 Å². The maximum Gasteiger partial charge on any atom is 0.341 e. The first kappa shape index (κ1) is 27.2. The Kier molecular flexibility index (Phi) is 6.11. The second kappa shape index (κ2) is 8.55. The zero-order chi connectivity index (χ0) is 28.1. The largest absolute Gasteiger partial charge is 0.467 e. The summed E-state index contributed by atoms with van der Waals surface area (Å²) in [7, 11) is 1.12. The molecule has 1 spiro atoms. The first-order valence-corrected chi connectivity index (χ1v) is 13.1. The van der Waals surface area contributed by atoms with Gasteiger partial charge in [-0.2, -0.15) is 0 Å². The summed E-state index contributed by atoms with van der Waals surface area (Å²) in [6.45, 7) is 8.79. The third kappa shape index (κ3) is 3.08. The molecule has 0 radical (unpaired) electrons. The molecule has 4 fully saturated rings. The SMILES string of the molecule is COC(=O)[C@@]12OC[C@@]34[C@@H](CC5=C(C)C(=O)[C@H](O)C[C@]5(C)[C@H]3[C@@H](O)[C@@H]1O)OC(=O)[C@H](C(=O)/C=C(\C)C(C)C)[C@@H]24. The molecule has 2 saturated carbocycles. The molecule has 208 valence electrons. The molecular formula is C28H36O10. The number of carbonyl (C=O) groups is 4. The molecule has 0 aromatic rings. The topological polar surface area (TPSA) is 157 Å². The molecule has 5 rings (SSSR count). The van der Waals surface area contributed by atoms with Crippen LogP contribution in [0.3, 0.4) is 0 Å². The van der Waals surface area contributed by atoms with Gasteiger partial charge >= 0.3 is 11.9 Å². The van der Waals surface area contributed by atoms with Crippen LogP contribution in [0.15, 0.2) is 22.8 Å². The van der Waals surface area contributed by atoms with Crippen molar-refractivity contribution in [2.45, 2.75) is 77.5 Å². The molecule has 0 aromatic heterocycles. The third-order valence-corrected chi connectivity index (χ3v) is 10.3. The number of hydrogen-bond donors (Lipinski definition) is 3. The smallest absolute Gasteiger partial charge is 0.341 e. The van der Waals surface area contributed by atoms with Crippen molar-refractivity contribution in [2.24, 2.45) is 34.5 Å². The Bertz CT molecular complexity index is 1180. The molecule has 3 aliphatic carbocycles. The average Bonchev–Trinajstić information content (AvgIpc) is 3.15. The van der Waals surface area contributed by atoms with Crippen LogP contribution in [-0.2, 0) is 33.4 Å². The molecule has 0 amide bonds. The summed E-state index contributed by atoms with van der Waals surface area (Å²) < 4.78 is 17.1. The standard InChI is InChI=1S/C28H36O10/c1-11(2)12(3)7-15(29)18-21-27-10-37-28(21,25(35)36-6)23(33)20(32)22(27)26(5)9-16(30)19(31)13(4)14(26)8-17(27)38-24(18)34/h7,11,16-18,20-23,30,32-33H,8-10H2,1-6H3/b12-7+/t16-,17-,18-,20-,21-,22-,23+,26+,27+,28+/m1/s1. The van der Waals surface area contributed by atoms with Crippen molar-refractivity contribution in [3.63, 3.8) is 0 Å². The molecule has 2 saturated heterocycles. The maximum atomic E-state index is 13.7. The van der Waals surface area contributed by atoms with Crippen LogP contribution in [-0.4, -0.2) is 82.6 Å². The lowest BCUT2D eigenvalue weighted by molar-refractivity contribution is -0.266. The summed E-state index contributed by atoms with van der Waals surface area (Å²) in [6.07, 6.45) is -4.21. The number of hydrogen-bond acceptors (Lipinski definition) is 10. The lowest BCUT2D eigenvalue weighted by atomic mass is 9.38. The van der Waals surface area contributed by atoms with Crippen LogP contribution in [0, 0.1) is 34.5 Å². The van der Waals surface area contributed by atoms with Gasteiger partial charge in [-0.25, -0.2) is 4.79 Å². The molecule has 3 N–H and O–H groups in total. The number of Topliss-reactive ketones (excluding diaryl/α,β-unsaturated/α-hetero) is 1. The monoisotopic (exact) mass is 532 g/mol. The molecule has 2 heterocycles. The zero-order valence-corrected chi connectivity index (χ0v) is 22.5. The second-order valence-electron chi connectivity index (χ2n) is 12.2. The molecule has 38 heavy (non-hydrogen) atoms. The Hall–Kier alpha value is -2.40. The van der Waals surface area contributed by atoms with Gasteiger partial charge in [0.25, 0.3) is 0 Å². The van der Waals surface area contributed by atoms with Crippen molar-refractivity contribution in [1.29, 1.82) is 0 Å². The van der Waals surface area contributed by atoms with Gasteiger partial charge < -0.3 is 29.5 Å². The molecule has 10 atom stereocenters. The highest BCUT2D eigenvalue weighted by Gasteiger charge is 2.84. The van der Waals surface area contributed by atoms with Gasteiger partial charge in [0.1, 0.15) is 24.2 Å². The van der Waals surface area contributed by atoms with Gasteiger partial charge in [-0.05, 0) is 43.3 Å². The van der Waals surface area contributed by atoms with Gasteiger partial charge in [-0.1, -0.05) is 31.9 Å². The van der Waals surface area contributed by atoms with E-state index in [1.807, 2.05) is 20.8 Å². The summed E-state index contributed by atoms with van der Waals surface area (Å²) in [5.41, 5.74) is -2.78. The van der Waals surface area contributed by atoms with Crippen molar-refractivity contribution >= 4 is 23.5 Å². The third-order valence-electron chi connectivity index (χ3n) is 10.3. The van der Waals surface area contributed by atoms with Gasteiger partial charge in [-0.3, -0.25) is 14.4 Å². The predicted molar refractivity (Wildman–Crippen MR) is 130 cm³/mol. The Balaban J connectivity index is 1.78. The van der Waals surface area contributed by atoms with E-state index in [0.29, 0.717) is 11.1 Å². The predicted octanol–water partition coefficient (Wildman–Crippen LogP) is 0.656. The van der Waals surface area contributed by atoms with E-state index in [-0.39, 0.29) is 25.4 Å². The van der Waals surface area contributed by atoms with E-state index in [2.05, 4.69) is 0 Å². The Labute approximate surface area is 221 Å². The number of methoxy groups -OCH3 is 1. The minimum absolute atomic E-state index is 0.0176. The van der Waals surface area contributed by atoms with Crippen LogP contribution in [0.25, 0.3) is 0 Å². The van der Waals surface area contributed by atoms with Crippen molar-refractivity contribution in [2.75, 3.05) is 13.7 Å². The van der Waals surface area contributed by atoms with E-state index in [1.54, 1.807) is 13.8 Å². The second-order valence-corrected chi connectivity index (χ2v) is 12.2. The number of allylic oxidation sites excluding steroid dienone is 2. The molecular weight excluding hydrogens is 496 g/mol. The van der Waals surface area contributed by atoms with Gasteiger partial charge in [0.15, 0.2) is 17.2 Å². The number of aliphatic hydroxyl groups is 3. The summed E-state index contributed by atoms with van der Waals surface area (Å²) >= 11 is 0. The van der Waals surface area contributed by atoms with Crippen molar-refractivity contribution in [1.82, 2.24) is 0 Å². The molecule has 10 nitrogen and oxygen atoms in total. The van der Waals surface area contributed by atoms with E-state index in [0.717, 1.165) is 12.7 Å². The van der Waals surface area contributed by atoms with Crippen LogP contribution in [0.2, 0.25) is 0 Å². The van der Waals surface area contributed by atoms with Crippen molar-refractivity contribution in [3.8, 4) is 0 Å². The van der Waals surface area contributed by atoms with E-state index in [4.69, 9.17) is 14.2 Å². The lowest BCUT2D eigenvalue weighted by Gasteiger charge is -2.66. The lowest BCUT2D eigenvalue weighted by Crippen LogP contribution is -2.78. The fourth-order valence-corrected chi connectivity index (χ4v) is 8.40. The zero-order valence-electron chi connectivity index (χ0n) is 22.5. The minimum Gasteiger partial charge on any atom is -0.467 e. The Morgan fingerprint density at radius 1 is 1.16 bits per heavy atom. The van der Waals surface area contributed by atoms with Crippen LogP contribution in [0.1, 0.15) is 47.5 Å². The van der Waals surface area contributed by atoms with Crippen LogP contribution in [0.5, 0.6) is 0 Å². The summed E-state index contributed by atoms with van der Waals surface area (Å²) in [6, 6.07) is 0. The van der Waals surface area contributed by atoms with Crippen molar-refractivity contribution in [3.05, 3.63) is 22.8 Å². The summed E-state index contributed by atoms with van der Waals surface area (Å²) in [5.74, 6) is -6.42. The summed E-state index contributed by atoms with van der Waals surface area (Å²) in [4.78, 5) is 53.5. The molecule has 5 aliphatic rings. The van der Waals surface area contributed by atoms with Gasteiger partial charge in [0, 0.05) is 23.7 Å². The number of fused-ring (bicyclic) bond motifs is 2. The van der Waals surface area contributed by atoms with Crippen LogP contribution < -0.4 is 0 Å². The highest BCUT2D eigenvalue weighted by molar-refractivity contribution is 6.07. The number of carbonyl (C=O) groups excluding carboxylic acids is 4. The first-order chi connectivity index (χ1) is 17.7. The number of rotatable bonds is 4. The number of esters is 2. The molecule has 10 heteroatoms. The first-order valence-electron chi connectivity index (χ1n) is 13.1. The normalized spacial score (nSPS) is 45.9. The number of aliphatic hydroxyl groups excluding tert-OH is 3. The number of ketones is 2. The number of ether oxygens (including phenoxy) is 3. The maximum absolute atomic E-state index is 13.7. The van der Waals surface area contributed by atoms with E-state index in [9.17, 15) is 34.5 Å². The van der Waals surface area contributed by atoms with E-state index in [1.165, 1.54) is 6.08 Å². The van der Waals surface area contributed by atoms with E-state index >= 15 is 0 Å². The van der Waals surface area contributed by atoms with E-state index < -0.39 is 82.1 Å². The summed E-state index contributed by atoms with van der Waals surface area (Å²) in [5, 5.41) is 34.0. The Morgan fingerprint density at radius 3 is 2.42 bits per heavy atom. The fraction of sp³-hybridized carbons (Fsp3) is 0.714. The molecule has 2 aliphatic heterocycles. The molecule has 2 bridgehead atoms. The Morgan fingerprint density at radius 2 is 1.82 bits per heavy atom. The fourth-order valence-electron chi connectivity index (χ4n) is 8.40. The molecule has 0 unspecified atom stereocenters. The highest BCUT2D eigenvalue weighted by atomic mass is 16.6. The van der Waals surface area contributed by atoms with Crippen LogP contribution in [0.4, 0.5) is 0 Å². The molecule has 0 aromatic carbocycles. The average molecular weight is 533 g/mol.